The Morgan fingerprint density at radius 2 is 1.61 bits per heavy atom. The van der Waals surface area contributed by atoms with Gasteiger partial charge in [-0.15, -0.1) is 12.4 Å². The summed E-state index contributed by atoms with van der Waals surface area (Å²) in [6, 6.07) is 23.7. The Morgan fingerprint density at radius 3 is 2.32 bits per heavy atom. The van der Waals surface area contributed by atoms with Gasteiger partial charge in [0.25, 0.3) is 0 Å². The molecule has 1 atom stereocenters. The summed E-state index contributed by atoms with van der Waals surface area (Å²) in [6.07, 6.45) is 5.88. The number of benzene rings is 3. The number of fused-ring (bicyclic) bond motifs is 1. The molecule has 0 aliphatic heterocycles. The van der Waals surface area contributed by atoms with Gasteiger partial charge in [-0.3, -0.25) is 0 Å². The second-order valence-corrected chi connectivity index (χ2v) is 7.30. The highest BCUT2D eigenvalue weighted by Gasteiger charge is 2.11. The van der Waals surface area contributed by atoms with Crippen LogP contribution in [-0.2, 0) is 6.42 Å². The molecule has 0 spiro atoms. The highest BCUT2D eigenvalue weighted by atomic mass is 35.5. The Balaban J connectivity index is 0.00000280. The van der Waals surface area contributed by atoms with Gasteiger partial charge in [-0.05, 0) is 53.4 Å². The van der Waals surface area contributed by atoms with E-state index >= 15 is 0 Å². The van der Waals surface area contributed by atoms with Crippen LogP contribution in [0.2, 0.25) is 0 Å². The zero-order chi connectivity index (χ0) is 18.9. The van der Waals surface area contributed by atoms with Crippen LogP contribution < -0.4 is 10.5 Å². The lowest BCUT2D eigenvalue weighted by Gasteiger charge is -2.16. The van der Waals surface area contributed by atoms with Crippen molar-refractivity contribution in [2.75, 3.05) is 13.2 Å². The van der Waals surface area contributed by atoms with E-state index in [1.165, 1.54) is 41.2 Å². The van der Waals surface area contributed by atoms with Crippen molar-refractivity contribution in [3.05, 3.63) is 77.9 Å². The Bertz CT molecular complexity index is 831. The van der Waals surface area contributed by atoms with Gasteiger partial charge in [0.05, 0.1) is 6.61 Å². The quantitative estimate of drug-likeness (QED) is 0.396. The lowest BCUT2D eigenvalue weighted by molar-refractivity contribution is 0.305. The first-order valence-electron chi connectivity index (χ1n) is 10.2. The number of ether oxygens (including phenoxy) is 1. The van der Waals surface area contributed by atoms with Crippen LogP contribution in [0.3, 0.4) is 0 Å². The van der Waals surface area contributed by atoms with Gasteiger partial charge in [0.15, 0.2) is 0 Å². The minimum absolute atomic E-state index is 0. The van der Waals surface area contributed by atoms with Crippen molar-refractivity contribution in [3.8, 4) is 5.75 Å². The van der Waals surface area contributed by atoms with E-state index in [9.17, 15) is 0 Å². The molecule has 3 heteroatoms. The summed E-state index contributed by atoms with van der Waals surface area (Å²) in [6.45, 7) is 3.68. The molecule has 3 rings (SSSR count). The molecule has 0 aliphatic carbocycles. The zero-order valence-corrected chi connectivity index (χ0v) is 17.6. The van der Waals surface area contributed by atoms with E-state index < -0.39 is 0 Å². The summed E-state index contributed by atoms with van der Waals surface area (Å²) < 4.78 is 5.85. The zero-order valence-electron chi connectivity index (χ0n) is 16.8. The molecular weight excluding hydrogens is 366 g/mol. The highest BCUT2D eigenvalue weighted by molar-refractivity contribution is 5.85. The fraction of sp³-hybridized carbons (Fsp3) is 0.360. The van der Waals surface area contributed by atoms with Crippen molar-refractivity contribution in [3.63, 3.8) is 0 Å². The van der Waals surface area contributed by atoms with E-state index in [1.807, 2.05) is 0 Å². The molecule has 3 aromatic rings. The van der Waals surface area contributed by atoms with Gasteiger partial charge in [0.1, 0.15) is 5.75 Å². The predicted octanol–water partition coefficient (Wildman–Crippen LogP) is 6.51. The number of rotatable bonds is 10. The maximum Gasteiger partial charge on any atom is 0.119 e. The second kappa shape index (κ2) is 11.7. The van der Waals surface area contributed by atoms with Crippen LogP contribution >= 0.6 is 12.4 Å². The minimum atomic E-state index is 0. The van der Waals surface area contributed by atoms with Crippen LogP contribution in [0.25, 0.3) is 10.8 Å². The maximum absolute atomic E-state index is 6.11. The van der Waals surface area contributed by atoms with Gasteiger partial charge in [-0.1, -0.05) is 80.8 Å². The number of unbranched alkanes of at least 4 members (excludes halogenated alkanes) is 3. The largest absolute Gasteiger partial charge is 0.494 e. The molecule has 0 saturated heterocycles. The Labute approximate surface area is 175 Å². The number of nitrogens with two attached hydrogens (primary N) is 1. The summed E-state index contributed by atoms with van der Waals surface area (Å²) in [5.74, 6) is 1.29. The molecule has 28 heavy (non-hydrogen) atoms. The molecule has 0 aromatic heterocycles. The van der Waals surface area contributed by atoms with E-state index in [1.54, 1.807) is 0 Å². The fourth-order valence-electron chi connectivity index (χ4n) is 3.52. The van der Waals surface area contributed by atoms with Crippen LogP contribution in [0.5, 0.6) is 5.75 Å². The average molecular weight is 398 g/mol. The fourth-order valence-corrected chi connectivity index (χ4v) is 3.52. The van der Waals surface area contributed by atoms with E-state index in [2.05, 4.69) is 73.7 Å². The standard InChI is InChI=1S/C25H31NO.ClH/c1-2-3-4-7-16-27-25-14-10-20(11-15-25)17-24(19-26)23-13-12-21-8-5-6-9-22(21)18-23;/h5-6,8-15,18,24H,2-4,7,16-17,19,26H2,1H3;1H. The molecule has 1 unspecified atom stereocenters. The molecule has 0 bridgehead atoms. The number of hydrogen-bond acceptors (Lipinski definition) is 2. The van der Waals surface area contributed by atoms with Crippen molar-refractivity contribution < 1.29 is 4.74 Å². The Kier molecular flexibility index (Phi) is 9.33. The first-order chi connectivity index (χ1) is 13.3. The van der Waals surface area contributed by atoms with Gasteiger partial charge in [-0.25, -0.2) is 0 Å². The minimum Gasteiger partial charge on any atom is -0.494 e. The topological polar surface area (TPSA) is 35.2 Å². The molecule has 2 N–H and O–H groups in total. The van der Waals surface area contributed by atoms with Gasteiger partial charge in [0.2, 0.25) is 0 Å². The van der Waals surface area contributed by atoms with Crippen LogP contribution in [0.4, 0.5) is 0 Å². The molecule has 3 aromatic carbocycles. The summed E-state index contributed by atoms with van der Waals surface area (Å²) >= 11 is 0. The lowest BCUT2D eigenvalue weighted by Crippen LogP contribution is -2.15. The van der Waals surface area contributed by atoms with Gasteiger partial charge in [0, 0.05) is 5.92 Å². The summed E-state index contributed by atoms with van der Waals surface area (Å²) in [5, 5.41) is 2.55. The van der Waals surface area contributed by atoms with Crippen LogP contribution in [-0.4, -0.2) is 13.2 Å². The monoisotopic (exact) mass is 397 g/mol. The van der Waals surface area contributed by atoms with Crippen LogP contribution in [0.1, 0.15) is 49.7 Å². The van der Waals surface area contributed by atoms with E-state index in [0.717, 1.165) is 25.2 Å². The molecule has 0 aliphatic rings. The smallest absolute Gasteiger partial charge is 0.119 e. The van der Waals surface area contributed by atoms with E-state index in [4.69, 9.17) is 10.5 Å². The molecule has 2 nitrogen and oxygen atoms in total. The number of halogens is 1. The van der Waals surface area contributed by atoms with E-state index in [0.29, 0.717) is 12.5 Å². The molecule has 0 heterocycles. The van der Waals surface area contributed by atoms with Gasteiger partial charge in [-0.2, -0.15) is 0 Å². The lowest BCUT2D eigenvalue weighted by atomic mass is 9.90. The number of hydrogen-bond donors (Lipinski definition) is 1. The van der Waals surface area contributed by atoms with Gasteiger partial charge >= 0.3 is 0 Å². The molecule has 0 saturated carbocycles. The van der Waals surface area contributed by atoms with Crippen molar-refractivity contribution >= 4 is 23.2 Å². The van der Waals surface area contributed by atoms with E-state index in [-0.39, 0.29) is 12.4 Å². The SMILES string of the molecule is CCCCCCOc1ccc(CC(CN)c2ccc3ccccc3c2)cc1.Cl. The summed E-state index contributed by atoms with van der Waals surface area (Å²) in [7, 11) is 0. The highest BCUT2D eigenvalue weighted by Crippen LogP contribution is 2.25. The molecule has 0 fully saturated rings. The molecule has 0 radical (unpaired) electrons. The van der Waals surface area contributed by atoms with Crippen molar-refractivity contribution in [2.45, 2.75) is 44.9 Å². The normalized spacial score (nSPS) is 11.8. The second-order valence-electron chi connectivity index (χ2n) is 7.30. The Morgan fingerprint density at radius 1 is 0.857 bits per heavy atom. The predicted molar refractivity (Wildman–Crippen MR) is 123 cm³/mol. The first-order valence-corrected chi connectivity index (χ1v) is 10.2. The van der Waals surface area contributed by atoms with Crippen molar-refractivity contribution in [1.82, 2.24) is 0 Å². The maximum atomic E-state index is 6.11. The van der Waals surface area contributed by atoms with Crippen LogP contribution in [0, 0.1) is 0 Å². The van der Waals surface area contributed by atoms with Crippen molar-refractivity contribution in [2.24, 2.45) is 5.73 Å². The first kappa shape index (κ1) is 22.3. The van der Waals surface area contributed by atoms with Gasteiger partial charge < -0.3 is 10.5 Å². The third-order valence-corrected chi connectivity index (χ3v) is 5.20. The third kappa shape index (κ3) is 6.25. The molecule has 150 valence electrons. The third-order valence-electron chi connectivity index (χ3n) is 5.20. The molecular formula is C25H32ClNO. The van der Waals surface area contributed by atoms with Crippen LogP contribution in [0.15, 0.2) is 66.7 Å². The van der Waals surface area contributed by atoms with Crippen molar-refractivity contribution in [1.29, 1.82) is 0 Å². The summed E-state index contributed by atoms with van der Waals surface area (Å²) in [4.78, 5) is 0. The molecule has 0 amide bonds. The average Bonchev–Trinajstić information content (AvgIpc) is 2.72. The summed E-state index contributed by atoms with van der Waals surface area (Å²) in [5.41, 5.74) is 8.72. The Hall–Kier alpha value is -2.03.